The molecule has 100 valence electrons. The average molecular weight is 256 g/mol. The van der Waals surface area contributed by atoms with Gasteiger partial charge in [-0.25, -0.2) is 9.18 Å². The Labute approximate surface area is 105 Å². The maximum Gasteiger partial charge on any atom is 0.340 e. The number of ether oxygens (including phenoxy) is 1. The number of carbonyl (C=O) groups is 1. The summed E-state index contributed by atoms with van der Waals surface area (Å²) >= 11 is 0. The highest BCUT2D eigenvalue weighted by atomic mass is 19.1. The van der Waals surface area contributed by atoms with Gasteiger partial charge in [0.15, 0.2) is 0 Å². The first kappa shape index (κ1) is 14.2. The normalized spacial score (nSPS) is 10.2. The van der Waals surface area contributed by atoms with E-state index in [4.69, 9.17) is 15.6 Å². The highest BCUT2D eigenvalue weighted by Crippen LogP contribution is 2.23. The number of nitrogens with one attached hydrogen (secondary N) is 1. The molecule has 1 aromatic rings. The van der Waals surface area contributed by atoms with E-state index in [0.717, 1.165) is 6.07 Å². The van der Waals surface area contributed by atoms with Gasteiger partial charge in [-0.15, -0.1) is 0 Å². The van der Waals surface area contributed by atoms with Gasteiger partial charge in [0.25, 0.3) is 0 Å². The Morgan fingerprint density at radius 2 is 2.28 bits per heavy atom. The molecule has 0 spiro atoms. The van der Waals surface area contributed by atoms with Crippen LogP contribution < -0.4 is 11.1 Å². The van der Waals surface area contributed by atoms with E-state index >= 15 is 0 Å². The first-order valence-corrected chi connectivity index (χ1v) is 5.71. The fraction of sp³-hybridized carbons (Fsp3) is 0.417. The fourth-order valence-electron chi connectivity index (χ4n) is 1.41. The molecular weight excluding hydrogens is 239 g/mol. The number of esters is 1. The second kappa shape index (κ2) is 6.80. The third-order valence-corrected chi connectivity index (χ3v) is 2.28. The number of carbonyl (C=O) groups excluding carboxylic acids is 1. The SMILES string of the molecule is CCOC(=O)c1cc(NCCCO)c(F)cc1N. The van der Waals surface area contributed by atoms with Crippen LogP contribution in [-0.2, 0) is 4.74 Å². The Kier molecular flexibility index (Phi) is 5.38. The molecule has 0 unspecified atom stereocenters. The van der Waals surface area contributed by atoms with Crippen molar-refractivity contribution in [2.75, 3.05) is 30.8 Å². The van der Waals surface area contributed by atoms with Crippen LogP contribution in [0.1, 0.15) is 23.7 Å². The predicted octanol–water partition coefficient (Wildman–Crippen LogP) is 1.38. The van der Waals surface area contributed by atoms with Crippen molar-refractivity contribution in [3.05, 3.63) is 23.5 Å². The molecule has 0 aliphatic heterocycles. The van der Waals surface area contributed by atoms with Crippen molar-refractivity contribution in [2.24, 2.45) is 0 Å². The molecule has 1 rings (SSSR count). The van der Waals surface area contributed by atoms with E-state index in [-0.39, 0.29) is 30.2 Å². The zero-order valence-corrected chi connectivity index (χ0v) is 10.2. The number of hydrogen-bond donors (Lipinski definition) is 3. The number of rotatable bonds is 6. The van der Waals surface area contributed by atoms with Crippen molar-refractivity contribution in [3.63, 3.8) is 0 Å². The zero-order valence-electron chi connectivity index (χ0n) is 10.2. The molecule has 0 aliphatic carbocycles. The van der Waals surface area contributed by atoms with Crippen molar-refractivity contribution in [2.45, 2.75) is 13.3 Å². The summed E-state index contributed by atoms with van der Waals surface area (Å²) in [5.41, 5.74) is 5.90. The third-order valence-electron chi connectivity index (χ3n) is 2.28. The summed E-state index contributed by atoms with van der Waals surface area (Å²) in [4.78, 5) is 11.6. The lowest BCUT2D eigenvalue weighted by Crippen LogP contribution is -2.11. The fourth-order valence-corrected chi connectivity index (χ4v) is 1.41. The molecule has 0 bridgehead atoms. The van der Waals surface area contributed by atoms with Crippen LogP contribution in [0, 0.1) is 5.82 Å². The monoisotopic (exact) mass is 256 g/mol. The summed E-state index contributed by atoms with van der Waals surface area (Å²) in [7, 11) is 0. The van der Waals surface area contributed by atoms with Gasteiger partial charge in [-0.05, 0) is 25.5 Å². The first-order chi connectivity index (χ1) is 8.60. The molecule has 1 aromatic carbocycles. The predicted molar refractivity (Wildman–Crippen MR) is 67.0 cm³/mol. The minimum Gasteiger partial charge on any atom is -0.462 e. The molecule has 0 radical (unpaired) electrons. The number of benzene rings is 1. The van der Waals surface area contributed by atoms with E-state index in [9.17, 15) is 9.18 Å². The number of aliphatic hydroxyl groups is 1. The Hall–Kier alpha value is -1.82. The summed E-state index contributed by atoms with van der Waals surface area (Å²) in [5, 5.41) is 11.4. The molecule has 0 aromatic heterocycles. The Morgan fingerprint density at radius 1 is 1.56 bits per heavy atom. The Balaban J connectivity index is 2.91. The lowest BCUT2D eigenvalue weighted by Gasteiger charge is -2.11. The lowest BCUT2D eigenvalue weighted by molar-refractivity contribution is 0.0527. The number of anilines is 2. The highest BCUT2D eigenvalue weighted by molar-refractivity contribution is 5.96. The second-order valence-electron chi connectivity index (χ2n) is 3.64. The molecule has 6 heteroatoms. The topological polar surface area (TPSA) is 84.6 Å². The number of aliphatic hydroxyl groups excluding tert-OH is 1. The van der Waals surface area contributed by atoms with Crippen LogP contribution in [0.25, 0.3) is 0 Å². The summed E-state index contributed by atoms with van der Waals surface area (Å²) in [6.45, 7) is 2.31. The summed E-state index contributed by atoms with van der Waals surface area (Å²) in [6.07, 6.45) is 0.485. The standard InChI is InChI=1S/C12H17FN2O3/c1-2-18-12(17)8-6-11(15-4-3-5-16)9(13)7-10(8)14/h6-7,15-16H,2-5,14H2,1H3. The van der Waals surface area contributed by atoms with Gasteiger partial charge in [0, 0.05) is 18.8 Å². The molecule has 0 atom stereocenters. The van der Waals surface area contributed by atoms with Crippen molar-refractivity contribution in [3.8, 4) is 0 Å². The molecule has 0 saturated heterocycles. The third kappa shape index (κ3) is 3.59. The first-order valence-electron chi connectivity index (χ1n) is 5.71. The van der Waals surface area contributed by atoms with Gasteiger partial charge in [0.05, 0.1) is 17.9 Å². The van der Waals surface area contributed by atoms with Gasteiger partial charge in [-0.3, -0.25) is 0 Å². The molecule has 0 heterocycles. The summed E-state index contributed by atoms with van der Waals surface area (Å²) < 4.78 is 18.4. The van der Waals surface area contributed by atoms with E-state index in [2.05, 4.69) is 5.32 Å². The van der Waals surface area contributed by atoms with Crippen LogP contribution in [0.4, 0.5) is 15.8 Å². The largest absolute Gasteiger partial charge is 0.462 e. The molecule has 18 heavy (non-hydrogen) atoms. The number of nitrogen functional groups attached to an aromatic ring is 1. The highest BCUT2D eigenvalue weighted by Gasteiger charge is 2.14. The van der Waals surface area contributed by atoms with E-state index < -0.39 is 11.8 Å². The average Bonchev–Trinajstić information content (AvgIpc) is 2.32. The molecule has 0 saturated carbocycles. The van der Waals surface area contributed by atoms with Crippen LogP contribution in [0.3, 0.4) is 0 Å². The number of halogens is 1. The quantitative estimate of drug-likeness (QED) is 0.407. The van der Waals surface area contributed by atoms with E-state index in [1.807, 2.05) is 0 Å². The maximum atomic E-state index is 13.5. The minimum absolute atomic E-state index is 0.00826. The van der Waals surface area contributed by atoms with Crippen LogP contribution in [0.15, 0.2) is 12.1 Å². The molecule has 0 fully saturated rings. The van der Waals surface area contributed by atoms with E-state index in [1.54, 1.807) is 6.92 Å². The second-order valence-corrected chi connectivity index (χ2v) is 3.64. The molecule has 0 amide bonds. The summed E-state index contributed by atoms with van der Waals surface area (Å²) in [6, 6.07) is 2.40. The smallest absolute Gasteiger partial charge is 0.340 e. The number of nitrogens with two attached hydrogens (primary N) is 1. The van der Waals surface area contributed by atoms with Gasteiger partial charge in [-0.1, -0.05) is 0 Å². The van der Waals surface area contributed by atoms with Crippen molar-refractivity contribution in [1.29, 1.82) is 0 Å². The molecule has 5 nitrogen and oxygen atoms in total. The van der Waals surface area contributed by atoms with Crippen LogP contribution >= 0.6 is 0 Å². The zero-order chi connectivity index (χ0) is 13.5. The van der Waals surface area contributed by atoms with Gasteiger partial charge in [0.1, 0.15) is 5.82 Å². The minimum atomic E-state index is -0.583. The van der Waals surface area contributed by atoms with Gasteiger partial charge in [0.2, 0.25) is 0 Å². The summed E-state index contributed by atoms with van der Waals surface area (Å²) in [5.74, 6) is -1.13. The van der Waals surface area contributed by atoms with Gasteiger partial charge >= 0.3 is 5.97 Å². The van der Waals surface area contributed by atoms with E-state index in [0.29, 0.717) is 13.0 Å². The van der Waals surface area contributed by atoms with Crippen LogP contribution in [0.5, 0.6) is 0 Å². The molecular formula is C12H17FN2O3. The van der Waals surface area contributed by atoms with Crippen molar-refractivity contribution < 1.29 is 19.0 Å². The van der Waals surface area contributed by atoms with Gasteiger partial charge < -0.3 is 20.9 Å². The lowest BCUT2D eigenvalue weighted by atomic mass is 10.1. The van der Waals surface area contributed by atoms with Crippen molar-refractivity contribution in [1.82, 2.24) is 0 Å². The van der Waals surface area contributed by atoms with E-state index in [1.165, 1.54) is 6.07 Å². The maximum absolute atomic E-state index is 13.5. The Bertz CT molecular complexity index is 424. The van der Waals surface area contributed by atoms with Gasteiger partial charge in [-0.2, -0.15) is 0 Å². The van der Waals surface area contributed by atoms with Crippen LogP contribution in [0.2, 0.25) is 0 Å². The van der Waals surface area contributed by atoms with Crippen molar-refractivity contribution >= 4 is 17.3 Å². The molecule has 0 aliphatic rings. The number of hydrogen-bond acceptors (Lipinski definition) is 5. The molecule has 4 N–H and O–H groups in total. The van der Waals surface area contributed by atoms with Crippen LogP contribution in [-0.4, -0.2) is 30.8 Å². The Morgan fingerprint density at radius 3 is 2.89 bits per heavy atom.